The van der Waals surface area contributed by atoms with E-state index in [4.69, 9.17) is 0 Å². The molecule has 4 nitrogen and oxygen atoms in total. The lowest BCUT2D eigenvalue weighted by molar-refractivity contribution is -0.0884. The number of nitrogens with zero attached hydrogens (tertiary/aromatic N) is 2. The molecule has 7 heteroatoms. The highest BCUT2D eigenvalue weighted by atomic mass is 19.4. The number of ketones is 1. The summed E-state index contributed by atoms with van der Waals surface area (Å²) >= 11 is 0. The first-order chi connectivity index (χ1) is 9.98. The standard InChI is InChI=1S/C14H8F3N3O/c15-14(16,17)12(21)10-7-20-11-8(10)3-1-4-9(11)13-18-5-2-6-19-13/h1-7,20H. The first-order valence-corrected chi connectivity index (χ1v) is 5.97. The lowest BCUT2D eigenvalue weighted by atomic mass is 10.1. The summed E-state index contributed by atoms with van der Waals surface area (Å²) in [6.45, 7) is 0. The van der Waals surface area contributed by atoms with Crippen molar-refractivity contribution in [2.75, 3.05) is 0 Å². The molecule has 2 aromatic heterocycles. The van der Waals surface area contributed by atoms with Crippen LogP contribution in [0, 0.1) is 0 Å². The Kier molecular flexibility index (Phi) is 2.97. The van der Waals surface area contributed by atoms with E-state index in [0.717, 1.165) is 6.20 Å². The average molecular weight is 291 g/mol. The second-order valence-electron chi connectivity index (χ2n) is 4.33. The molecule has 1 aromatic carbocycles. The molecule has 0 atom stereocenters. The molecule has 3 aromatic rings. The summed E-state index contributed by atoms with van der Waals surface area (Å²) in [6, 6.07) is 6.33. The van der Waals surface area contributed by atoms with Crippen molar-refractivity contribution in [3.8, 4) is 11.4 Å². The Balaban J connectivity index is 2.20. The summed E-state index contributed by atoms with van der Waals surface area (Å²) in [6.07, 6.45) is -0.779. The zero-order valence-electron chi connectivity index (χ0n) is 10.5. The van der Waals surface area contributed by atoms with Crippen LogP contribution in [0.25, 0.3) is 22.3 Å². The number of halogens is 3. The van der Waals surface area contributed by atoms with Gasteiger partial charge in [-0.3, -0.25) is 4.79 Å². The lowest BCUT2D eigenvalue weighted by Gasteiger charge is -2.04. The van der Waals surface area contributed by atoms with E-state index in [2.05, 4.69) is 15.0 Å². The van der Waals surface area contributed by atoms with Gasteiger partial charge in [-0.1, -0.05) is 12.1 Å². The number of alkyl halides is 3. The summed E-state index contributed by atoms with van der Waals surface area (Å²) in [5.74, 6) is -1.50. The van der Waals surface area contributed by atoms with E-state index in [1.54, 1.807) is 18.2 Å². The first-order valence-electron chi connectivity index (χ1n) is 5.97. The molecule has 0 unspecified atom stereocenters. The summed E-state index contributed by atoms with van der Waals surface area (Å²) in [5.41, 5.74) is 0.529. The Bertz CT molecular complexity index is 809. The second-order valence-corrected chi connectivity index (χ2v) is 4.33. The predicted octanol–water partition coefficient (Wildman–Crippen LogP) is 3.37. The molecule has 106 valence electrons. The maximum absolute atomic E-state index is 12.6. The Hall–Kier alpha value is -2.70. The van der Waals surface area contributed by atoms with Crippen LogP contribution in [0.1, 0.15) is 10.4 Å². The third-order valence-electron chi connectivity index (χ3n) is 3.02. The molecule has 0 aliphatic carbocycles. The van der Waals surface area contributed by atoms with Gasteiger partial charge in [-0.25, -0.2) is 9.97 Å². The van der Waals surface area contributed by atoms with Gasteiger partial charge in [0.05, 0.1) is 11.1 Å². The Morgan fingerprint density at radius 2 is 1.81 bits per heavy atom. The largest absolute Gasteiger partial charge is 0.454 e. The van der Waals surface area contributed by atoms with Gasteiger partial charge >= 0.3 is 6.18 Å². The molecule has 0 saturated heterocycles. The number of rotatable bonds is 2. The van der Waals surface area contributed by atoms with E-state index in [1.807, 2.05) is 0 Å². The van der Waals surface area contributed by atoms with Gasteiger partial charge in [0.1, 0.15) is 0 Å². The van der Waals surface area contributed by atoms with E-state index < -0.39 is 17.5 Å². The number of Topliss-reactive ketones (excluding diaryl/α,β-unsaturated/α-hetero) is 1. The number of carbonyl (C=O) groups is 1. The highest BCUT2D eigenvalue weighted by Crippen LogP contribution is 2.31. The Labute approximate surface area is 116 Å². The number of carbonyl (C=O) groups excluding carboxylic acids is 1. The highest BCUT2D eigenvalue weighted by Gasteiger charge is 2.40. The number of para-hydroxylation sites is 1. The van der Waals surface area contributed by atoms with Crippen LogP contribution in [0.3, 0.4) is 0 Å². The van der Waals surface area contributed by atoms with Gasteiger partial charge in [-0.2, -0.15) is 13.2 Å². The minimum Gasteiger partial charge on any atom is -0.360 e. The van der Waals surface area contributed by atoms with Crippen LogP contribution < -0.4 is 0 Å². The maximum Gasteiger partial charge on any atom is 0.454 e. The molecule has 2 heterocycles. The topological polar surface area (TPSA) is 58.6 Å². The van der Waals surface area contributed by atoms with Crippen molar-refractivity contribution in [3.63, 3.8) is 0 Å². The third kappa shape index (κ3) is 2.26. The fraction of sp³-hybridized carbons (Fsp3) is 0.0714. The summed E-state index contributed by atoms with van der Waals surface area (Å²) in [4.78, 5) is 22.2. The van der Waals surface area contributed by atoms with Crippen molar-refractivity contribution in [2.24, 2.45) is 0 Å². The smallest absolute Gasteiger partial charge is 0.360 e. The monoisotopic (exact) mass is 291 g/mol. The Morgan fingerprint density at radius 1 is 1.10 bits per heavy atom. The van der Waals surface area contributed by atoms with Crippen LogP contribution in [0.4, 0.5) is 13.2 Å². The minimum absolute atomic E-state index is 0.197. The number of hydrogen-bond acceptors (Lipinski definition) is 3. The molecular formula is C14H8F3N3O. The van der Waals surface area contributed by atoms with Gasteiger partial charge < -0.3 is 4.98 Å². The van der Waals surface area contributed by atoms with Crippen LogP contribution >= 0.6 is 0 Å². The number of aromatic nitrogens is 3. The molecule has 0 bridgehead atoms. The lowest BCUT2D eigenvalue weighted by Crippen LogP contribution is -2.22. The second kappa shape index (κ2) is 4.69. The van der Waals surface area contributed by atoms with E-state index >= 15 is 0 Å². The highest BCUT2D eigenvalue weighted by molar-refractivity contribution is 6.12. The van der Waals surface area contributed by atoms with Crippen molar-refractivity contribution in [1.82, 2.24) is 15.0 Å². The van der Waals surface area contributed by atoms with Crippen LogP contribution in [-0.2, 0) is 0 Å². The molecule has 3 rings (SSSR count). The molecule has 0 saturated carbocycles. The number of nitrogens with one attached hydrogen (secondary N) is 1. The van der Waals surface area contributed by atoms with Gasteiger partial charge in [0, 0.05) is 29.5 Å². The summed E-state index contributed by atoms with van der Waals surface area (Å²) in [5, 5.41) is 0.197. The number of H-pyrrole nitrogens is 1. The molecule has 1 N–H and O–H groups in total. The number of fused-ring (bicyclic) bond motifs is 1. The SMILES string of the molecule is O=C(c1c[nH]c2c(-c3ncccn3)cccc12)C(F)(F)F. The van der Waals surface area contributed by atoms with Crippen molar-refractivity contribution in [3.05, 3.63) is 48.4 Å². The van der Waals surface area contributed by atoms with Gasteiger partial charge in [0.2, 0.25) is 0 Å². The van der Waals surface area contributed by atoms with Crippen LogP contribution in [0.2, 0.25) is 0 Å². The fourth-order valence-electron chi connectivity index (χ4n) is 2.12. The fourth-order valence-corrected chi connectivity index (χ4v) is 2.12. The van der Waals surface area contributed by atoms with Crippen LogP contribution in [-0.4, -0.2) is 26.9 Å². The van der Waals surface area contributed by atoms with Crippen molar-refractivity contribution >= 4 is 16.7 Å². The van der Waals surface area contributed by atoms with Gasteiger partial charge in [-0.15, -0.1) is 0 Å². The van der Waals surface area contributed by atoms with E-state index in [9.17, 15) is 18.0 Å². The number of benzene rings is 1. The molecule has 21 heavy (non-hydrogen) atoms. The number of hydrogen-bond donors (Lipinski definition) is 1. The van der Waals surface area contributed by atoms with Crippen molar-refractivity contribution in [1.29, 1.82) is 0 Å². The normalized spacial score (nSPS) is 11.8. The van der Waals surface area contributed by atoms with E-state index in [1.165, 1.54) is 18.5 Å². The third-order valence-corrected chi connectivity index (χ3v) is 3.02. The minimum atomic E-state index is -4.91. The van der Waals surface area contributed by atoms with Gasteiger partial charge in [0.25, 0.3) is 5.78 Å². The van der Waals surface area contributed by atoms with Crippen molar-refractivity contribution in [2.45, 2.75) is 6.18 Å². The van der Waals surface area contributed by atoms with Crippen LogP contribution in [0.15, 0.2) is 42.9 Å². The molecule has 0 amide bonds. The Morgan fingerprint density at radius 3 is 2.48 bits per heavy atom. The van der Waals surface area contributed by atoms with E-state index in [-0.39, 0.29) is 5.39 Å². The van der Waals surface area contributed by atoms with E-state index in [0.29, 0.717) is 16.9 Å². The molecular weight excluding hydrogens is 283 g/mol. The first kappa shape index (κ1) is 13.3. The quantitative estimate of drug-likeness (QED) is 0.736. The van der Waals surface area contributed by atoms with Crippen LogP contribution in [0.5, 0.6) is 0 Å². The average Bonchev–Trinajstić information content (AvgIpc) is 2.90. The number of aromatic amines is 1. The predicted molar refractivity (Wildman–Crippen MR) is 69.7 cm³/mol. The molecule has 0 spiro atoms. The molecule has 0 radical (unpaired) electrons. The van der Waals surface area contributed by atoms with Gasteiger partial charge in [0.15, 0.2) is 5.82 Å². The zero-order chi connectivity index (χ0) is 15.0. The molecule has 0 aliphatic heterocycles. The maximum atomic E-state index is 12.6. The summed E-state index contributed by atoms with van der Waals surface area (Å²) < 4.78 is 37.7. The summed E-state index contributed by atoms with van der Waals surface area (Å²) in [7, 11) is 0. The molecule has 0 aliphatic rings. The van der Waals surface area contributed by atoms with Gasteiger partial charge in [-0.05, 0) is 12.1 Å². The van der Waals surface area contributed by atoms with Crippen molar-refractivity contribution < 1.29 is 18.0 Å². The zero-order valence-corrected chi connectivity index (χ0v) is 10.5. The molecule has 0 fully saturated rings.